The second-order valence-electron chi connectivity index (χ2n) is 6.27. The summed E-state index contributed by atoms with van der Waals surface area (Å²) in [5.74, 6) is -2.46. The van der Waals surface area contributed by atoms with E-state index in [0.717, 1.165) is 12.8 Å². The molecular weight excluding hydrogens is 292 g/mol. The SMILES string of the molecule is CC(C)(C)OC(=O)N1CCCC[C@H]1COC(=O)[C@@H](N)C(=O)O. The molecule has 0 aromatic carbocycles. The Morgan fingerprint density at radius 3 is 2.50 bits per heavy atom. The highest BCUT2D eigenvalue weighted by atomic mass is 16.6. The van der Waals surface area contributed by atoms with Crippen LogP contribution in [0.15, 0.2) is 0 Å². The molecule has 1 heterocycles. The molecule has 0 radical (unpaired) electrons. The molecule has 3 N–H and O–H groups in total. The number of rotatable bonds is 4. The van der Waals surface area contributed by atoms with E-state index in [2.05, 4.69) is 0 Å². The second kappa shape index (κ2) is 7.44. The van der Waals surface area contributed by atoms with Crippen molar-refractivity contribution in [3.05, 3.63) is 0 Å². The van der Waals surface area contributed by atoms with E-state index in [1.807, 2.05) is 0 Å². The largest absolute Gasteiger partial charge is 0.480 e. The van der Waals surface area contributed by atoms with Gasteiger partial charge in [0, 0.05) is 6.54 Å². The van der Waals surface area contributed by atoms with E-state index in [4.69, 9.17) is 20.3 Å². The molecule has 2 atom stereocenters. The fourth-order valence-electron chi connectivity index (χ4n) is 2.10. The number of hydrogen-bond acceptors (Lipinski definition) is 6. The fraction of sp³-hybridized carbons (Fsp3) is 0.786. The van der Waals surface area contributed by atoms with E-state index in [0.29, 0.717) is 13.0 Å². The van der Waals surface area contributed by atoms with Gasteiger partial charge in [0.15, 0.2) is 0 Å². The van der Waals surface area contributed by atoms with Crippen LogP contribution in [0.5, 0.6) is 0 Å². The monoisotopic (exact) mass is 316 g/mol. The topological polar surface area (TPSA) is 119 Å². The minimum atomic E-state index is -1.71. The zero-order chi connectivity index (χ0) is 16.9. The third-order valence-electron chi connectivity index (χ3n) is 3.19. The number of carboxylic acid groups (broad SMARTS) is 1. The lowest BCUT2D eigenvalue weighted by atomic mass is 10.0. The number of carbonyl (C=O) groups is 3. The molecule has 126 valence electrons. The van der Waals surface area contributed by atoms with Crippen LogP contribution in [0.2, 0.25) is 0 Å². The average Bonchev–Trinajstić information content (AvgIpc) is 2.42. The smallest absolute Gasteiger partial charge is 0.410 e. The van der Waals surface area contributed by atoms with Gasteiger partial charge in [-0.1, -0.05) is 0 Å². The molecule has 1 fully saturated rings. The zero-order valence-corrected chi connectivity index (χ0v) is 13.2. The van der Waals surface area contributed by atoms with Crippen molar-refractivity contribution < 1.29 is 29.0 Å². The van der Waals surface area contributed by atoms with Crippen molar-refractivity contribution in [2.24, 2.45) is 5.73 Å². The molecule has 1 rings (SSSR count). The second-order valence-corrected chi connectivity index (χ2v) is 6.27. The number of carbonyl (C=O) groups excluding carboxylic acids is 2. The number of nitrogens with zero attached hydrogens (tertiary/aromatic N) is 1. The molecule has 0 aromatic heterocycles. The summed E-state index contributed by atoms with van der Waals surface area (Å²) in [6, 6.07) is -2.04. The highest BCUT2D eigenvalue weighted by molar-refractivity contribution is 5.97. The Kier molecular flexibility index (Phi) is 6.16. The first kappa shape index (κ1) is 18.2. The van der Waals surface area contributed by atoms with Crippen molar-refractivity contribution in [2.75, 3.05) is 13.2 Å². The molecule has 1 aliphatic rings. The Hall–Kier alpha value is -1.83. The van der Waals surface area contributed by atoms with Crippen LogP contribution < -0.4 is 5.73 Å². The maximum Gasteiger partial charge on any atom is 0.410 e. The fourth-order valence-corrected chi connectivity index (χ4v) is 2.10. The summed E-state index contributed by atoms with van der Waals surface area (Å²) in [5, 5.41) is 8.65. The number of ether oxygens (including phenoxy) is 2. The molecule has 0 unspecified atom stereocenters. The Morgan fingerprint density at radius 1 is 1.32 bits per heavy atom. The summed E-state index contributed by atoms with van der Waals surface area (Å²) in [6.45, 7) is 5.75. The molecule has 8 heteroatoms. The van der Waals surface area contributed by atoms with Crippen LogP contribution in [0.3, 0.4) is 0 Å². The van der Waals surface area contributed by atoms with Crippen molar-refractivity contribution in [1.29, 1.82) is 0 Å². The van der Waals surface area contributed by atoms with Gasteiger partial charge in [-0.2, -0.15) is 0 Å². The molecule has 22 heavy (non-hydrogen) atoms. The van der Waals surface area contributed by atoms with Gasteiger partial charge in [-0.25, -0.2) is 14.4 Å². The summed E-state index contributed by atoms with van der Waals surface area (Å²) in [6.07, 6.45) is 1.94. The van der Waals surface area contributed by atoms with Crippen molar-refractivity contribution in [3.8, 4) is 0 Å². The van der Waals surface area contributed by atoms with Gasteiger partial charge >= 0.3 is 18.0 Å². The van der Waals surface area contributed by atoms with Crippen molar-refractivity contribution in [2.45, 2.75) is 57.7 Å². The Labute approximate surface area is 129 Å². The van der Waals surface area contributed by atoms with E-state index in [9.17, 15) is 14.4 Å². The van der Waals surface area contributed by atoms with Crippen LogP contribution in [-0.2, 0) is 19.1 Å². The Bertz CT molecular complexity index is 432. The van der Waals surface area contributed by atoms with E-state index in [1.165, 1.54) is 4.90 Å². The highest BCUT2D eigenvalue weighted by Gasteiger charge is 2.32. The molecule has 1 amide bonds. The molecule has 0 aromatic rings. The molecule has 8 nitrogen and oxygen atoms in total. The lowest BCUT2D eigenvalue weighted by molar-refractivity contribution is -0.155. The van der Waals surface area contributed by atoms with Crippen LogP contribution in [0.4, 0.5) is 4.79 Å². The highest BCUT2D eigenvalue weighted by Crippen LogP contribution is 2.20. The third-order valence-corrected chi connectivity index (χ3v) is 3.19. The predicted octanol–water partition coefficient (Wildman–Crippen LogP) is 0.731. The maximum absolute atomic E-state index is 12.2. The summed E-state index contributed by atoms with van der Waals surface area (Å²) in [4.78, 5) is 35.8. The number of esters is 1. The van der Waals surface area contributed by atoms with Crippen LogP contribution >= 0.6 is 0 Å². The quantitative estimate of drug-likeness (QED) is 0.579. The molecular formula is C14H24N2O6. The van der Waals surface area contributed by atoms with Crippen molar-refractivity contribution in [3.63, 3.8) is 0 Å². The maximum atomic E-state index is 12.2. The molecule has 1 aliphatic heterocycles. The predicted molar refractivity (Wildman–Crippen MR) is 77.1 cm³/mol. The van der Waals surface area contributed by atoms with Crippen LogP contribution in [0.25, 0.3) is 0 Å². The van der Waals surface area contributed by atoms with Gasteiger partial charge in [0.2, 0.25) is 6.04 Å². The van der Waals surface area contributed by atoms with E-state index >= 15 is 0 Å². The van der Waals surface area contributed by atoms with Crippen LogP contribution in [0, 0.1) is 0 Å². The minimum absolute atomic E-state index is 0.0843. The number of likely N-dealkylation sites (tertiary alicyclic amines) is 1. The number of nitrogens with two attached hydrogens (primary N) is 1. The first-order valence-corrected chi connectivity index (χ1v) is 7.26. The lowest BCUT2D eigenvalue weighted by Crippen LogP contribution is -2.49. The minimum Gasteiger partial charge on any atom is -0.480 e. The van der Waals surface area contributed by atoms with E-state index in [1.54, 1.807) is 20.8 Å². The standard InChI is InChI=1S/C14H24N2O6/c1-14(2,3)22-13(20)16-7-5-4-6-9(16)8-21-12(19)10(15)11(17)18/h9-10H,4-8,15H2,1-3H3,(H,17,18)/t9-,10-/m0/s1. The summed E-state index contributed by atoms with van der Waals surface area (Å²) < 4.78 is 10.2. The molecule has 0 spiro atoms. The zero-order valence-electron chi connectivity index (χ0n) is 13.2. The first-order valence-electron chi connectivity index (χ1n) is 7.26. The van der Waals surface area contributed by atoms with Gasteiger partial charge in [0.1, 0.15) is 12.2 Å². The van der Waals surface area contributed by atoms with Gasteiger partial charge in [-0.15, -0.1) is 0 Å². The van der Waals surface area contributed by atoms with Gasteiger partial charge in [0.25, 0.3) is 0 Å². The Balaban J connectivity index is 2.60. The summed E-state index contributed by atoms with van der Waals surface area (Å²) in [5.41, 5.74) is 4.56. The lowest BCUT2D eigenvalue weighted by Gasteiger charge is -2.36. The number of piperidine rings is 1. The molecule has 0 aliphatic carbocycles. The van der Waals surface area contributed by atoms with Crippen LogP contribution in [0.1, 0.15) is 40.0 Å². The van der Waals surface area contributed by atoms with Gasteiger partial charge in [-0.3, -0.25) is 0 Å². The van der Waals surface area contributed by atoms with E-state index in [-0.39, 0.29) is 12.6 Å². The summed E-state index contributed by atoms with van der Waals surface area (Å²) in [7, 11) is 0. The van der Waals surface area contributed by atoms with Crippen molar-refractivity contribution in [1.82, 2.24) is 4.90 Å². The van der Waals surface area contributed by atoms with Crippen molar-refractivity contribution >= 4 is 18.0 Å². The van der Waals surface area contributed by atoms with Crippen LogP contribution in [-0.4, -0.2) is 58.9 Å². The molecule has 0 saturated carbocycles. The molecule has 1 saturated heterocycles. The normalized spacial score (nSPS) is 20.2. The molecule has 0 bridgehead atoms. The third kappa shape index (κ3) is 5.51. The number of aliphatic carboxylic acids is 1. The average molecular weight is 316 g/mol. The summed E-state index contributed by atoms with van der Waals surface area (Å²) >= 11 is 0. The number of carboxylic acids is 1. The number of amides is 1. The Morgan fingerprint density at radius 2 is 1.95 bits per heavy atom. The van der Waals surface area contributed by atoms with Gasteiger partial charge < -0.3 is 25.2 Å². The first-order chi connectivity index (χ1) is 10.1. The number of hydrogen-bond donors (Lipinski definition) is 2. The van der Waals surface area contributed by atoms with E-state index < -0.39 is 29.7 Å². The van der Waals surface area contributed by atoms with Gasteiger partial charge in [0.05, 0.1) is 6.04 Å². The van der Waals surface area contributed by atoms with Gasteiger partial charge in [-0.05, 0) is 40.0 Å².